The van der Waals surface area contributed by atoms with E-state index in [1.165, 1.54) is 14.1 Å². The summed E-state index contributed by atoms with van der Waals surface area (Å²) in [6.45, 7) is 4.13. The van der Waals surface area contributed by atoms with Crippen molar-refractivity contribution in [2.75, 3.05) is 6.61 Å². The number of aromatic nitrogens is 2. The van der Waals surface area contributed by atoms with E-state index >= 15 is 0 Å². The van der Waals surface area contributed by atoms with Crippen molar-refractivity contribution in [3.8, 4) is 11.6 Å². The van der Waals surface area contributed by atoms with Gasteiger partial charge in [0.05, 0.1) is 18.4 Å². The fraction of sp³-hybridized carbons (Fsp3) is 0.400. The Bertz CT molecular complexity index is 1100. The molecule has 3 rings (SSSR count). The predicted molar refractivity (Wildman–Crippen MR) is 112 cm³/mol. The van der Waals surface area contributed by atoms with Crippen LogP contribution in [0.1, 0.15) is 43.9 Å². The van der Waals surface area contributed by atoms with Gasteiger partial charge in [0.25, 0.3) is 5.56 Å². The third-order valence-corrected chi connectivity index (χ3v) is 5.52. The first-order valence-electron chi connectivity index (χ1n) is 9.42. The quantitative estimate of drug-likeness (QED) is 0.757. The first kappa shape index (κ1) is 20.8. The summed E-state index contributed by atoms with van der Waals surface area (Å²) in [5.41, 5.74) is 0.739. The fourth-order valence-corrected chi connectivity index (χ4v) is 3.59. The second-order valence-corrected chi connectivity index (χ2v) is 7.10. The normalized spacial score (nSPS) is 16.1. The molecule has 0 aliphatic carbocycles. The smallest absolute Gasteiger partial charge is 0.267 e. The van der Waals surface area contributed by atoms with Crippen LogP contribution in [0, 0.1) is 4.77 Å². The molecule has 1 atom stereocenters. The largest absolute Gasteiger partial charge is 0.494 e. The van der Waals surface area contributed by atoms with Crippen LogP contribution in [0.4, 0.5) is 0 Å². The first-order chi connectivity index (χ1) is 13.8. The van der Waals surface area contributed by atoms with Gasteiger partial charge >= 0.3 is 0 Å². The van der Waals surface area contributed by atoms with Gasteiger partial charge in [-0.3, -0.25) is 18.7 Å². The molecule has 2 aromatic rings. The Morgan fingerprint density at radius 2 is 1.97 bits per heavy atom. The molecule has 1 aliphatic heterocycles. The second kappa shape index (κ2) is 8.20. The Balaban J connectivity index is 2.15. The summed E-state index contributed by atoms with van der Waals surface area (Å²) in [5, 5.41) is 16.4. The Hall–Kier alpha value is -2.94. The van der Waals surface area contributed by atoms with Gasteiger partial charge in [-0.05, 0) is 25.2 Å². The summed E-state index contributed by atoms with van der Waals surface area (Å²) in [5.74, 6) is 0.213. The molecule has 1 aliphatic rings. The van der Waals surface area contributed by atoms with E-state index < -0.39 is 11.6 Å². The van der Waals surface area contributed by atoms with Crippen molar-refractivity contribution in [1.82, 2.24) is 14.1 Å². The molecule has 0 fully saturated rings. The Morgan fingerprint density at radius 3 is 2.62 bits per heavy atom. The number of amides is 1. The number of rotatable bonds is 5. The van der Waals surface area contributed by atoms with Gasteiger partial charge in [0.15, 0.2) is 4.77 Å². The molecule has 1 unspecified atom stereocenters. The zero-order valence-electron chi connectivity index (χ0n) is 16.9. The van der Waals surface area contributed by atoms with Crippen LogP contribution < -0.4 is 10.3 Å². The maximum absolute atomic E-state index is 12.8. The molecular formula is C20H24N4O4S. The first-order valence-corrected chi connectivity index (χ1v) is 9.83. The fourth-order valence-electron chi connectivity index (χ4n) is 3.42. The SMILES string of the molecule is CCOc1ccccc1C1CC(c2c(O)n(C)c(=S)n(C)c2=O)=NN1C(=O)CC. The van der Waals surface area contributed by atoms with Crippen LogP contribution in [0.3, 0.4) is 0 Å². The van der Waals surface area contributed by atoms with Crippen LogP contribution in [-0.2, 0) is 18.9 Å². The zero-order valence-corrected chi connectivity index (χ0v) is 17.7. The third kappa shape index (κ3) is 3.57. The maximum Gasteiger partial charge on any atom is 0.267 e. The van der Waals surface area contributed by atoms with Crippen molar-refractivity contribution in [3.05, 3.63) is 50.5 Å². The van der Waals surface area contributed by atoms with E-state index in [4.69, 9.17) is 17.0 Å². The maximum atomic E-state index is 12.8. The number of carbonyl (C=O) groups is 1. The molecule has 1 aromatic heterocycles. The number of carbonyl (C=O) groups excluding carboxylic acids is 1. The summed E-state index contributed by atoms with van der Waals surface area (Å²) in [6.07, 6.45) is 0.530. The van der Waals surface area contributed by atoms with Crippen LogP contribution in [0.2, 0.25) is 0 Å². The molecule has 29 heavy (non-hydrogen) atoms. The van der Waals surface area contributed by atoms with Crippen LogP contribution in [0.25, 0.3) is 0 Å². The minimum atomic E-state index is -0.452. The lowest BCUT2D eigenvalue weighted by atomic mass is 9.98. The highest BCUT2D eigenvalue weighted by Gasteiger charge is 2.36. The van der Waals surface area contributed by atoms with Gasteiger partial charge in [-0.15, -0.1) is 0 Å². The van der Waals surface area contributed by atoms with E-state index in [1.54, 1.807) is 21.0 Å². The number of para-hydroxylation sites is 1. The zero-order chi connectivity index (χ0) is 21.3. The molecule has 0 saturated carbocycles. The lowest BCUT2D eigenvalue weighted by Gasteiger charge is -2.23. The lowest BCUT2D eigenvalue weighted by molar-refractivity contribution is -0.132. The van der Waals surface area contributed by atoms with Gasteiger partial charge in [-0.1, -0.05) is 25.1 Å². The average molecular weight is 417 g/mol. The minimum Gasteiger partial charge on any atom is -0.494 e. The molecule has 1 aromatic carbocycles. The van der Waals surface area contributed by atoms with Crippen LogP contribution in [0.5, 0.6) is 11.6 Å². The summed E-state index contributed by atoms with van der Waals surface area (Å²) < 4.78 is 8.55. The van der Waals surface area contributed by atoms with E-state index in [0.717, 1.165) is 5.56 Å². The Kier molecular flexibility index (Phi) is 5.88. The summed E-state index contributed by atoms with van der Waals surface area (Å²) in [6, 6.07) is 7.02. The summed E-state index contributed by atoms with van der Waals surface area (Å²) in [7, 11) is 3.12. The number of hydrogen-bond acceptors (Lipinski definition) is 6. The van der Waals surface area contributed by atoms with E-state index in [-0.39, 0.29) is 35.0 Å². The molecular weight excluding hydrogens is 392 g/mol. The number of aromatic hydroxyl groups is 1. The van der Waals surface area contributed by atoms with Gasteiger partial charge in [0, 0.05) is 32.5 Å². The standard InChI is InChI=1S/C20H24N4O4S/c1-5-16(25)24-14(12-9-7-8-10-15(12)28-6-2)11-13(21-24)17-18(26)22(3)20(29)23(4)19(17)27/h7-10,14,26H,5-6,11H2,1-4H3. The molecule has 0 saturated heterocycles. The van der Waals surface area contributed by atoms with Crippen LogP contribution >= 0.6 is 12.2 Å². The molecule has 2 heterocycles. The lowest BCUT2D eigenvalue weighted by Crippen LogP contribution is -2.28. The molecule has 8 nitrogen and oxygen atoms in total. The molecule has 1 amide bonds. The van der Waals surface area contributed by atoms with Gasteiger partial charge in [0.1, 0.15) is 11.3 Å². The summed E-state index contributed by atoms with van der Waals surface area (Å²) >= 11 is 5.18. The van der Waals surface area contributed by atoms with Crippen molar-refractivity contribution in [3.63, 3.8) is 0 Å². The van der Waals surface area contributed by atoms with Crippen molar-refractivity contribution < 1.29 is 14.6 Å². The molecule has 0 spiro atoms. The van der Waals surface area contributed by atoms with Gasteiger partial charge < -0.3 is 9.84 Å². The van der Waals surface area contributed by atoms with Gasteiger partial charge in [-0.25, -0.2) is 5.01 Å². The molecule has 9 heteroatoms. The number of hydrazone groups is 1. The van der Waals surface area contributed by atoms with Crippen LogP contribution in [-0.4, -0.2) is 37.5 Å². The van der Waals surface area contributed by atoms with Crippen molar-refractivity contribution in [2.24, 2.45) is 19.2 Å². The van der Waals surface area contributed by atoms with E-state index in [2.05, 4.69) is 5.10 Å². The average Bonchev–Trinajstić information content (AvgIpc) is 3.15. The molecule has 1 N–H and O–H groups in total. The topological polar surface area (TPSA) is 89.1 Å². The molecule has 154 valence electrons. The molecule has 0 radical (unpaired) electrons. The number of nitrogens with zero attached hydrogens (tertiary/aromatic N) is 4. The Morgan fingerprint density at radius 1 is 1.28 bits per heavy atom. The third-order valence-electron chi connectivity index (χ3n) is 4.97. The van der Waals surface area contributed by atoms with Gasteiger partial charge in [-0.2, -0.15) is 5.10 Å². The highest BCUT2D eigenvalue weighted by atomic mass is 32.1. The van der Waals surface area contributed by atoms with E-state index in [1.807, 2.05) is 31.2 Å². The summed E-state index contributed by atoms with van der Waals surface area (Å²) in [4.78, 5) is 25.4. The van der Waals surface area contributed by atoms with Crippen molar-refractivity contribution in [2.45, 2.75) is 32.7 Å². The monoisotopic (exact) mass is 416 g/mol. The highest BCUT2D eigenvalue weighted by Crippen LogP contribution is 2.38. The number of ether oxygens (including phenoxy) is 1. The predicted octanol–water partition coefficient (Wildman–Crippen LogP) is 2.65. The highest BCUT2D eigenvalue weighted by molar-refractivity contribution is 7.71. The number of hydrogen-bond donors (Lipinski definition) is 1. The van der Waals surface area contributed by atoms with E-state index in [9.17, 15) is 14.7 Å². The Labute approximate surface area is 173 Å². The molecule has 0 bridgehead atoms. The van der Waals surface area contributed by atoms with Crippen molar-refractivity contribution in [1.29, 1.82) is 0 Å². The second-order valence-electron chi connectivity index (χ2n) is 6.73. The van der Waals surface area contributed by atoms with Crippen molar-refractivity contribution >= 4 is 23.8 Å². The van der Waals surface area contributed by atoms with Gasteiger partial charge in [0.2, 0.25) is 11.8 Å². The van der Waals surface area contributed by atoms with Crippen LogP contribution in [0.15, 0.2) is 34.2 Å². The van der Waals surface area contributed by atoms with E-state index in [0.29, 0.717) is 18.1 Å². The minimum absolute atomic E-state index is 0.0499. The number of benzene rings is 1.